The molecule has 186 valence electrons. The minimum absolute atomic E-state index is 0.107. The van der Waals surface area contributed by atoms with E-state index in [9.17, 15) is 0 Å². The number of fused-ring (bicyclic) bond motifs is 2. The summed E-state index contributed by atoms with van der Waals surface area (Å²) in [6.45, 7) is 9.98. The van der Waals surface area contributed by atoms with E-state index in [0.717, 1.165) is 62.6 Å². The van der Waals surface area contributed by atoms with Gasteiger partial charge in [0.25, 0.3) is 0 Å². The summed E-state index contributed by atoms with van der Waals surface area (Å²) in [5.41, 5.74) is 6.30. The summed E-state index contributed by atoms with van der Waals surface area (Å²) in [6, 6.07) is 17.8. The normalized spacial score (nSPS) is 19.3. The number of thioether (sulfide) groups is 1. The highest BCUT2D eigenvalue weighted by molar-refractivity contribution is 8.00. The fourth-order valence-electron chi connectivity index (χ4n) is 5.12. The highest BCUT2D eigenvalue weighted by Gasteiger charge is 2.30. The summed E-state index contributed by atoms with van der Waals surface area (Å²) in [5, 5.41) is 0. The van der Waals surface area contributed by atoms with Crippen LogP contribution in [0.25, 0.3) is 11.3 Å². The van der Waals surface area contributed by atoms with E-state index in [0.29, 0.717) is 4.75 Å². The third-order valence-electron chi connectivity index (χ3n) is 7.17. The van der Waals surface area contributed by atoms with Crippen molar-refractivity contribution in [3.05, 3.63) is 77.2 Å². The maximum absolute atomic E-state index is 6.84. The summed E-state index contributed by atoms with van der Waals surface area (Å²) in [5.74, 6) is 2.20. The zero-order valence-electron chi connectivity index (χ0n) is 21.7. The molecular formula is C30H39N3OS. The lowest BCUT2D eigenvalue weighted by atomic mass is 10.00. The smallest absolute Gasteiger partial charge is 0.143 e. The molecule has 0 aliphatic carbocycles. The third kappa shape index (κ3) is 6.02. The van der Waals surface area contributed by atoms with Gasteiger partial charge in [-0.2, -0.15) is 11.8 Å². The van der Waals surface area contributed by atoms with Crippen LogP contribution in [0.5, 0.6) is 0 Å². The number of ether oxygens (including phenoxy) is 1. The number of imidazole rings is 1. The van der Waals surface area contributed by atoms with E-state index in [-0.39, 0.29) is 12.2 Å². The van der Waals surface area contributed by atoms with Crippen LogP contribution in [-0.4, -0.2) is 51.2 Å². The Labute approximate surface area is 215 Å². The SMILES string of the molecule is CN1CCC(OC2c3ccccc3CCn3cc(-c4ccc(CCSC(C)(C)C)cc4)nc32)CC1. The van der Waals surface area contributed by atoms with Crippen molar-refractivity contribution >= 4 is 11.8 Å². The van der Waals surface area contributed by atoms with Gasteiger partial charge in [0, 0.05) is 36.1 Å². The van der Waals surface area contributed by atoms with Gasteiger partial charge in [-0.1, -0.05) is 69.3 Å². The molecule has 2 aliphatic heterocycles. The molecule has 0 saturated carbocycles. The monoisotopic (exact) mass is 489 g/mol. The number of aryl methyl sites for hydroxylation is 3. The molecule has 1 atom stereocenters. The van der Waals surface area contributed by atoms with Crippen LogP contribution in [0.3, 0.4) is 0 Å². The summed E-state index contributed by atoms with van der Waals surface area (Å²) in [6.07, 6.45) is 6.68. The van der Waals surface area contributed by atoms with Crippen molar-refractivity contribution in [2.45, 2.75) is 70.0 Å². The average Bonchev–Trinajstić information content (AvgIpc) is 3.20. The van der Waals surface area contributed by atoms with Crippen molar-refractivity contribution in [2.24, 2.45) is 0 Å². The second-order valence-corrected chi connectivity index (χ2v) is 13.0. The summed E-state index contributed by atoms with van der Waals surface area (Å²) < 4.78 is 9.50. The highest BCUT2D eigenvalue weighted by atomic mass is 32.2. The Morgan fingerprint density at radius 1 is 1.00 bits per heavy atom. The van der Waals surface area contributed by atoms with E-state index >= 15 is 0 Å². The van der Waals surface area contributed by atoms with E-state index in [2.05, 4.69) is 92.0 Å². The third-order valence-corrected chi connectivity index (χ3v) is 8.45. The number of piperidine rings is 1. The van der Waals surface area contributed by atoms with Gasteiger partial charge in [-0.3, -0.25) is 0 Å². The molecule has 0 N–H and O–H groups in total. The fourth-order valence-corrected chi connectivity index (χ4v) is 6.07. The molecular weight excluding hydrogens is 450 g/mol. The van der Waals surface area contributed by atoms with Crippen LogP contribution in [0, 0.1) is 0 Å². The number of hydrogen-bond donors (Lipinski definition) is 0. The fraction of sp³-hybridized carbons (Fsp3) is 0.500. The number of nitrogens with zero attached hydrogens (tertiary/aromatic N) is 3. The second kappa shape index (κ2) is 10.5. The van der Waals surface area contributed by atoms with E-state index in [1.807, 2.05) is 11.8 Å². The van der Waals surface area contributed by atoms with Crippen LogP contribution in [0.15, 0.2) is 54.7 Å². The average molecular weight is 490 g/mol. The van der Waals surface area contributed by atoms with Crippen molar-refractivity contribution in [1.82, 2.24) is 14.5 Å². The lowest BCUT2D eigenvalue weighted by Gasteiger charge is -2.32. The van der Waals surface area contributed by atoms with E-state index in [4.69, 9.17) is 9.72 Å². The second-order valence-electron chi connectivity index (χ2n) is 11.1. The van der Waals surface area contributed by atoms with Crippen LogP contribution < -0.4 is 0 Å². The molecule has 3 aromatic rings. The van der Waals surface area contributed by atoms with Crippen molar-refractivity contribution in [1.29, 1.82) is 0 Å². The first-order chi connectivity index (χ1) is 16.9. The van der Waals surface area contributed by atoms with Crippen LogP contribution in [0.4, 0.5) is 0 Å². The molecule has 1 saturated heterocycles. The minimum Gasteiger partial charge on any atom is -0.362 e. The van der Waals surface area contributed by atoms with Crippen LogP contribution in [0.2, 0.25) is 0 Å². The molecule has 35 heavy (non-hydrogen) atoms. The minimum atomic E-state index is -0.107. The molecule has 0 bridgehead atoms. The van der Waals surface area contributed by atoms with E-state index in [1.54, 1.807) is 0 Å². The number of hydrogen-bond acceptors (Lipinski definition) is 4. The lowest BCUT2D eigenvalue weighted by molar-refractivity contribution is -0.0275. The van der Waals surface area contributed by atoms with Gasteiger partial charge < -0.3 is 14.2 Å². The molecule has 2 aliphatic rings. The molecule has 0 amide bonds. The Morgan fingerprint density at radius 2 is 1.74 bits per heavy atom. The molecule has 0 radical (unpaired) electrons. The molecule has 1 aromatic heterocycles. The quantitative estimate of drug-likeness (QED) is 0.402. The first kappa shape index (κ1) is 24.6. The molecule has 5 rings (SSSR count). The van der Waals surface area contributed by atoms with E-state index in [1.165, 1.54) is 22.3 Å². The van der Waals surface area contributed by atoms with Gasteiger partial charge in [0.1, 0.15) is 11.9 Å². The Balaban J connectivity index is 1.38. The van der Waals surface area contributed by atoms with Crippen LogP contribution in [0.1, 0.15) is 62.2 Å². The van der Waals surface area contributed by atoms with Gasteiger partial charge >= 0.3 is 0 Å². The molecule has 1 fully saturated rings. The Hall–Kier alpha value is -2.08. The summed E-state index contributed by atoms with van der Waals surface area (Å²) in [7, 11) is 2.20. The van der Waals surface area contributed by atoms with Crippen molar-refractivity contribution in [3.63, 3.8) is 0 Å². The molecule has 2 aromatic carbocycles. The Bertz CT molecular complexity index is 1120. The molecule has 3 heterocycles. The predicted molar refractivity (Wildman–Crippen MR) is 147 cm³/mol. The van der Waals surface area contributed by atoms with Gasteiger partial charge in [0.05, 0.1) is 11.8 Å². The standard InChI is InChI=1S/C30H39N3OS/c1-30(2,3)35-20-16-22-9-11-24(12-10-22)27-21-33-19-13-23-7-5-6-8-26(23)28(29(33)31-27)34-25-14-17-32(4)18-15-25/h5-12,21,25,28H,13-20H2,1-4H3. The van der Waals surface area contributed by atoms with Gasteiger partial charge in [-0.15, -0.1) is 0 Å². The van der Waals surface area contributed by atoms with Crippen molar-refractivity contribution in [3.8, 4) is 11.3 Å². The van der Waals surface area contributed by atoms with Crippen LogP contribution in [-0.2, 0) is 24.1 Å². The van der Waals surface area contributed by atoms with Crippen molar-refractivity contribution in [2.75, 3.05) is 25.9 Å². The predicted octanol–water partition coefficient (Wildman–Crippen LogP) is 6.38. The summed E-state index contributed by atoms with van der Waals surface area (Å²) >= 11 is 2.03. The maximum Gasteiger partial charge on any atom is 0.143 e. The largest absolute Gasteiger partial charge is 0.362 e. The molecule has 1 unspecified atom stereocenters. The maximum atomic E-state index is 6.84. The van der Waals surface area contributed by atoms with Gasteiger partial charge in [-0.25, -0.2) is 4.98 Å². The molecule has 5 heteroatoms. The van der Waals surface area contributed by atoms with Gasteiger partial charge in [0.15, 0.2) is 0 Å². The van der Waals surface area contributed by atoms with Gasteiger partial charge in [-0.05, 0) is 55.2 Å². The van der Waals surface area contributed by atoms with Gasteiger partial charge in [0.2, 0.25) is 0 Å². The summed E-state index contributed by atoms with van der Waals surface area (Å²) in [4.78, 5) is 7.58. The zero-order valence-corrected chi connectivity index (χ0v) is 22.5. The zero-order chi connectivity index (χ0) is 24.4. The Kier molecular flexibility index (Phi) is 7.38. The van der Waals surface area contributed by atoms with Crippen LogP contribution >= 0.6 is 11.8 Å². The first-order valence-electron chi connectivity index (χ1n) is 13.1. The number of benzene rings is 2. The number of likely N-dealkylation sites (tertiary alicyclic amines) is 1. The number of rotatable bonds is 6. The lowest BCUT2D eigenvalue weighted by Crippen LogP contribution is -2.35. The van der Waals surface area contributed by atoms with E-state index < -0.39 is 0 Å². The Morgan fingerprint density at radius 3 is 2.49 bits per heavy atom. The first-order valence-corrected chi connectivity index (χ1v) is 14.1. The van der Waals surface area contributed by atoms with Crippen molar-refractivity contribution < 1.29 is 4.74 Å². The highest BCUT2D eigenvalue weighted by Crippen LogP contribution is 2.36. The molecule has 0 spiro atoms. The topological polar surface area (TPSA) is 30.3 Å². The number of aromatic nitrogens is 2. The molecule has 4 nitrogen and oxygen atoms in total.